The molecule has 1 saturated heterocycles. The van der Waals surface area contributed by atoms with Crippen LogP contribution in [-0.4, -0.2) is 43.3 Å². The van der Waals surface area contributed by atoms with Crippen LogP contribution in [0.3, 0.4) is 0 Å². The van der Waals surface area contributed by atoms with E-state index < -0.39 is 33.4 Å². The fourth-order valence-corrected chi connectivity index (χ4v) is 5.45. The summed E-state index contributed by atoms with van der Waals surface area (Å²) in [7, 11) is -3.12. The van der Waals surface area contributed by atoms with Gasteiger partial charge in [0.05, 0.1) is 17.1 Å². The molecule has 138 valence electrons. The second-order valence-corrected chi connectivity index (χ2v) is 8.94. The molecular weight excluding hydrogens is 355 g/mol. The summed E-state index contributed by atoms with van der Waals surface area (Å²) in [6.07, 6.45) is -3.67. The number of nitrogens with zero attached hydrogens (tertiary/aromatic N) is 1. The molecule has 2 aliphatic rings. The summed E-state index contributed by atoms with van der Waals surface area (Å²) in [5.74, 6) is -1.16. The quantitative estimate of drug-likeness (QED) is 0.813. The van der Waals surface area contributed by atoms with Gasteiger partial charge >= 0.3 is 6.18 Å². The maximum Gasteiger partial charge on any atom is 0.416 e. The Morgan fingerprint density at radius 3 is 2.52 bits per heavy atom. The van der Waals surface area contributed by atoms with Crippen molar-refractivity contribution in [3.8, 4) is 0 Å². The number of sulfone groups is 1. The average molecular weight is 375 g/mol. The summed E-state index contributed by atoms with van der Waals surface area (Å²) >= 11 is 0. The molecule has 0 unspecified atom stereocenters. The number of rotatable bonds is 4. The van der Waals surface area contributed by atoms with Gasteiger partial charge in [0.25, 0.3) is 0 Å². The minimum absolute atomic E-state index is 0.0525. The lowest BCUT2D eigenvalue weighted by Gasteiger charge is -2.27. The lowest BCUT2D eigenvalue weighted by Crippen LogP contribution is -2.42. The smallest absolute Gasteiger partial charge is 0.339 e. The van der Waals surface area contributed by atoms with Crippen molar-refractivity contribution < 1.29 is 26.4 Å². The van der Waals surface area contributed by atoms with Gasteiger partial charge < -0.3 is 4.90 Å². The molecule has 1 aliphatic carbocycles. The molecule has 3 atom stereocenters. The van der Waals surface area contributed by atoms with E-state index >= 15 is 0 Å². The fraction of sp³-hybridized carbons (Fsp3) is 0.588. The predicted octanol–water partition coefficient (Wildman–Crippen LogP) is 2.84. The van der Waals surface area contributed by atoms with Crippen molar-refractivity contribution in [2.75, 3.05) is 18.1 Å². The summed E-state index contributed by atoms with van der Waals surface area (Å²) in [5, 5.41) is 0. The first-order chi connectivity index (χ1) is 11.6. The molecule has 4 nitrogen and oxygen atoms in total. The first-order valence-electron chi connectivity index (χ1n) is 8.31. The number of carbonyl (C=O) groups is 1. The Hall–Kier alpha value is -1.57. The van der Waals surface area contributed by atoms with E-state index in [0.717, 1.165) is 6.07 Å². The molecule has 0 aromatic heterocycles. The Morgan fingerprint density at radius 1 is 1.28 bits per heavy atom. The van der Waals surface area contributed by atoms with Crippen LogP contribution in [0.2, 0.25) is 0 Å². The molecule has 0 bridgehead atoms. The molecular formula is C17H20F3NO3S. The monoisotopic (exact) mass is 375 g/mol. The van der Waals surface area contributed by atoms with Crippen LogP contribution in [-0.2, 0) is 20.8 Å². The summed E-state index contributed by atoms with van der Waals surface area (Å²) in [4.78, 5) is 14.3. The van der Waals surface area contributed by atoms with E-state index in [1.807, 2.05) is 0 Å². The van der Waals surface area contributed by atoms with Gasteiger partial charge in [0.1, 0.15) is 0 Å². The molecule has 1 aliphatic heterocycles. The highest BCUT2D eigenvalue weighted by molar-refractivity contribution is 7.91. The highest BCUT2D eigenvalue weighted by Gasteiger charge is 2.50. The topological polar surface area (TPSA) is 54.5 Å². The van der Waals surface area contributed by atoms with Crippen LogP contribution in [0.5, 0.6) is 0 Å². The molecule has 8 heteroatoms. The summed E-state index contributed by atoms with van der Waals surface area (Å²) in [5.41, 5.74) is -0.537. The van der Waals surface area contributed by atoms with Gasteiger partial charge in [0.15, 0.2) is 9.84 Å². The number of halogens is 3. The molecule has 3 rings (SSSR count). The second-order valence-electron chi connectivity index (χ2n) is 6.71. The molecule has 0 radical (unpaired) electrons. The normalized spacial score (nSPS) is 27.9. The largest absolute Gasteiger partial charge is 0.416 e. The Balaban J connectivity index is 1.76. The van der Waals surface area contributed by atoms with Gasteiger partial charge in [-0.2, -0.15) is 13.2 Å². The minimum Gasteiger partial charge on any atom is -0.339 e. The molecule has 1 heterocycles. The van der Waals surface area contributed by atoms with E-state index in [4.69, 9.17) is 0 Å². The SMILES string of the molecule is CCN(C(=O)[C@@H]1C[C@H]1c1ccccc1C(F)(F)F)[C@H]1CCS(=O)(=O)C1. The number of carbonyl (C=O) groups excluding carboxylic acids is 1. The third-order valence-electron chi connectivity index (χ3n) is 5.05. The third-order valence-corrected chi connectivity index (χ3v) is 6.80. The summed E-state index contributed by atoms with van der Waals surface area (Å²) in [6.45, 7) is 2.13. The zero-order chi connectivity index (χ0) is 18.4. The summed E-state index contributed by atoms with van der Waals surface area (Å²) in [6, 6.07) is 4.99. The van der Waals surface area contributed by atoms with Gasteiger partial charge in [0.2, 0.25) is 5.91 Å². The van der Waals surface area contributed by atoms with Gasteiger partial charge in [-0.1, -0.05) is 18.2 Å². The lowest BCUT2D eigenvalue weighted by molar-refractivity contribution is -0.139. The Morgan fingerprint density at radius 2 is 1.96 bits per heavy atom. The standard InChI is InChI=1S/C17H20F3NO3S/c1-2-21(11-7-8-25(23,24)10-11)16(22)14-9-13(14)12-5-3-4-6-15(12)17(18,19)20/h3-6,11,13-14H,2,7-10H2,1H3/t11-,13-,14+/m0/s1. The van der Waals surface area contributed by atoms with E-state index in [0.29, 0.717) is 19.4 Å². The number of hydrogen-bond donors (Lipinski definition) is 0. The van der Waals surface area contributed by atoms with E-state index in [1.54, 1.807) is 13.0 Å². The molecule has 1 saturated carbocycles. The van der Waals surface area contributed by atoms with Crippen molar-refractivity contribution in [3.05, 3.63) is 35.4 Å². The van der Waals surface area contributed by atoms with Crippen LogP contribution in [0, 0.1) is 5.92 Å². The molecule has 1 amide bonds. The van der Waals surface area contributed by atoms with Gasteiger partial charge in [-0.3, -0.25) is 4.79 Å². The maximum atomic E-state index is 13.2. The highest BCUT2D eigenvalue weighted by atomic mass is 32.2. The molecule has 0 spiro atoms. The average Bonchev–Trinajstić information content (AvgIpc) is 3.25. The first-order valence-corrected chi connectivity index (χ1v) is 10.1. The highest BCUT2D eigenvalue weighted by Crippen LogP contribution is 2.52. The second kappa shape index (κ2) is 6.30. The van der Waals surface area contributed by atoms with Crippen LogP contribution >= 0.6 is 0 Å². The van der Waals surface area contributed by atoms with Gasteiger partial charge in [-0.15, -0.1) is 0 Å². The van der Waals surface area contributed by atoms with E-state index in [-0.39, 0.29) is 29.0 Å². The van der Waals surface area contributed by atoms with Crippen molar-refractivity contribution in [1.82, 2.24) is 4.90 Å². The molecule has 1 aromatic carbocycles. The van der Waals surface area contributed by atoms with E-state index in [9.17, 15) is 26.4 Å². The zero-order valence-corrected chi connectivity index (χ0v) is 14.6. The Bertz CT molecular complexity index is 776. The molecule has 1 aromatic rings. The van der Waals surface area contributed by atoms with Crippen LogP contribution < -0.4 is 0 Å². The predicted molar refractivity (Wildman–Crippen MR) is 86.7 cm³/mol. The van der Waals surface area contributed by atoms with Crippen molar-refractivity contribution in [2.24, 2.45) is 5.92 Å². The first kappa shape index (κ1) is 18.2. The van der Waals surface area contributed by atoms with Crippen molar-refractivity contribution in [1.29, 1.82) is 0 Å². The molecule has 2 fully saturated rings. The summed E-state index contributed by atoms with van der Waals surface area (Å²) < 4.78 is 62.8. The van der Waals surface area contributed by atoms with Crippen LogP contribution in [0.15, 0.2) is 24.3 Å². The van der Waals surface area contributed by atoms with Crippen molar-refractivity contribution in [3.63, 3.8) is 0 Å². The maximum absolute atomic E-state index is 13.2. The van der Waals surface area contributed by atoms with Crippen LogP contribution in [0.4, 0.5) is 13.2 Å². The lowest BCUT2D eigenvalue weighted by atomic mass is 10.0. The van der Waals surface area contributed by atoms with Crippen molar-refractivity contribution >= 4 is 15.7 Å². The van der Waals surface area contributed by atoms with Crippen LogP contribution in [0.25, 0.3) is 0 Å². The van der Waals surface area contributed by atoms with Crippen molar-refractivity contribution in [2.45, 2.75) is 37.9 Å². The Labute approximate surface area is 144 Å². The number of amides is 1. The molecule has 0 N–H and O–H groups in total. The van der Waals surface area contributed by atoms with E-state index in [2.05, 4.69) is 0 Å². The Kier molecular flexibility index (Phi) is 4.59. The molecule has 25 heavy (non-hydrogen) atoms. The number of alkyl halides is 3. The van der Waals surface area contributed by atoms with Gasteiger partial charge in [0, 0.05) is 18.5 Å². The van der Waals surface area contributed by atoms with Gasteiger partial charge in [-0.25, -0.2) is 8.42 Å². The zero-order valence-electron chi connectivity index (χ0n) is 13.8. The van der Waals surface area contributed by atoms with Gasteiger partial charge in [-0.05, 0) is 37.3 Å². The van der Waals surface area contributed by atoms with E-state index in [1.165, 1.54) is 17.0 Å². The fourth-order valence-electron chi connectivity index (χ4n) is 3.72. The number of benzene rings is 1. The van der Waals surface area contributed by atoms with Crippen LogP contribution in [0.1, 0.15) is 36.8 Å². The number of hydrogen-bond acceptors (Lipinski definition) is 3. The minimum atomic E-state index is -4.45. The third kappa shape index (κ3) is 3.68.